The van der Waals surface area contributed by atoms with E-state index in [9.17, 15) is 30.3 Å². The summed E-state index contributed by atoms with van der Waals surface area (Å²) in [6, 6.07) is -0.824. The predicted molar refractivity (Wildman–Crippen MR) is 249 cm³/mol. The number of nitrogens with one attached hydrogen (secondary N) is 1. The second kappa shape index (κ2) is 41.4. The molecule has 0 aromatic carbocycles. The third-order valence-corrected chi connectivity index (χ3v) is 11.9. The molecule has 7 unspecified atom stereocenters. The Morgan fingerprint density at radius 1 is 0.550 bits per heavy atom. The molecule has 0 aromatic heterocycles. The quantitative estimate of drug-likeness (QED) is 0.0263. The van der Waals surface area contributed by atoms with E-state index in [-0.39, 0.29) is 12.5 Å². The van der Waals surface area contributed by atoms with Gasteiger partial charge in [-0.3, -0.25) is 4.79 Å². The van der Waals surface area contributed by atoms with Crippen molar-refractivity contribution in [2.45, 2.75) is 269 Å². The van der Waals surface area contributed by atoms with Crippen molar-refractivity contribution in [2.24, 2.45) is 0 Å². The number of allylic oxidation sites excluding steroid dienone is 5. The highest BCUT2D eigenvalue weighted by Gasteiger charge is 2.44. The molecule has 1 saturated heterocycles. The fourth-order valence-electron chi connectivity index (χ4n) is 7.89. The van der Waals surface area contributed by atoms with Crippen LogP contribution in [0.2, 0.25) is 0 Å². The molecule has 0 spiro atoms. The van der Waals surface area contributed by atoms with Gasteiger partial charge in [-0.25, -0.2) is 0 Å². The van der Waals surface area contributed by atoms with Gasteiger partial charge in [0.1, 0.15) is 24.4 Å². The molecule has 7 atom stereocenters. The van der Waals surface area contributed by atoms with Crippen molar-refractivity contribution in [3.63, 3.8) is 0 Å². The lowest BCUT2D eigenvalue weighted by Gasteiger charge is -2.40. The molecule has 352 valence electrons. The average Bonchev–Trinajstić information content (AvgIpc) is 3.25. The standard InChI is InChI=1S/C51H95NO8/c1-3-5-7-9-11-13-15-17-19-20-21-22-23-24-25-26-27-28-30-32-34-36-38-40-45(54)44(43-59-51-50(58)49(57)48(56)46(42-53)60-51)52-47(55)41-39-37-35-33-31-29-18-16-14-12-10-8-6-4-2/h25-26,30,32,38,40,44-46,48-51,53-54,56-58H,3-24,27-29,31,33-37,39,41-43H2,1-2H3,(H,52,55)/b26-25+,32-30+,40-38+. The van der Waals surface area contributed by atoms with E-state index in [2.05, 4.69) is 43.5 Å². The Balaban J connectivity index is 2.33. The molecule has 1 amide bonds. The summed E-state index contributed by atoms with van der Waals surface area (Å²) < 4.78 is 11.2. The third-order valence-electron chi connectivity index (χ3n) is 11.9. The van der Waals surface area contributed by atoms with Crippen LogP contribution in [0.3, 0.4) is 0 Å². The Morgan fingerprint density at radius 2 is 0.950 bits per heavy atom. The zero-order chi connectivity index (χ0) is 43.7. The van der Waals surface area contributed by atoms with E-state index >= 15 is 0 Å². The molecule has 0 saturated carbocycles. The molecular weight excluding hydrogens is 755 g/mol. The number of aliphatic hydroxyl groups is 5. The minimum atomic E-state index is -1.57. The Kier molecular flexibility index (Phi) is 39.0. The topological polar surface area (TPSA) is 149 Å². The minimum Gasteiger partial charge on any atom is -0.394 e. The Morgan fingerprint density at radius 3 is 1.40 bits per heavy atom. The first kappa shape index (κ1) is 56.4. The number of aliphatic hydroxyl groups excluding tert-OH is 5. The van der Waals surface area contributed by atoms with Gasteiger partial charge in [-0.1, -0.05) is 211 Å². The van der Waals surface area contributed by atoms with Crippen LogP contribution in [0, 0.1) is 0 Å². The van der Waals surface area contributed by atoms with E-state index in [1.807, 2.05) is 6.08 Å². The average molecular weight is 850 g/mol. The molecule has 0 aromatic rings. The maximum absolute atomic E-state index is 13.0. The van der Waals surface area contributed by atoms with Crippen LogP contribution in [0.1, 0.15) is 226 Å². The van der Waals surface area contributed by atoms with Crippen molar-refractivity contribution in [1.82, 2.24) is 5.32 Å². The Labute approximate surface area is 368 Å². The SMILES string of the molecule is CCCCCCCCCCCCCCC/C=C/CC/C=C/CC/C=C/C(O)C(COC1OC(CO)C(O)C(O)C1O)NC(=O)CCCCCCCCCCCCCCCC. The van der Waals surface area contributed by atoms with Crippen LogP contribution in [0.25, 0.3) is 0 Å². The van der Waals surface area contributed by atoms with Gasteiger partial charge in [0, 0.05) is 6.42 Å². The van der Waals surface area contributed by atoms with E-state index in [4.69, 9.17) is 9.47 Å². The molecule has 60 heavy (non-hydrogen) atoms. The van der Waals surface area contributed by atoms with Crippen molar-refractivity contribution < 1.29 is 39.8 Å². The Bertz CT molecular complexity index is 1030. The summed E-state index contributed by atoms with van der Waals surface area (Å²) in [4.78, 5) is 13.0. The molecule has 6 N–H and O–H groups in total. The number of ether oxygens (including phenoxy) is 2. The number of unbranched alkanes of at least 4 members (excludes halogenated alkanes) is 28. The predicted octanol–water partition coefficient (Wildman–Crippen LogP) is 11.2. The smallest absolute Gasteiger partial charge is 0.220 e. The largest absolute Gasteiger partial charge is 0.394 e. The van der Waals surface area contributed by atoms with Gasteiger partial charge in [0.15, 0.2) is 6.29 Å². The summed E-state index contributed by atoms with van der Waals surface area (Å²) in [5.74, 6) is -0.190. The molecule has 1 aliphatic rings. The summed E-state index contributed by atoms with van der Waals surface area (Å²) in [6.45, 7) is 3.76. The zero-order valence-corrected chi connectivity index (χ0v) is 38.7. The molecule has 0 bridgehead atoms. The molecule has 9 nitrogen and oxygen atoms in total. The van der Waals surface area contributed by atoms with Crippen LogP contribution in [0.5, 0.6) is 0 Å². The fraction of sp³-hybridized carbons (Fsp3) is 0.863. The maximum atomic E-state index is 13.0. The van der Waals surface area contributed by atoms with Crippen LogP contribution in [0.15, 0.2) is 36.5 Å². The van der Waals surface area contributed by atoms with Crippen molar-refractivity contribution in [2.75, 3.05) is 13.2 Å². The molecule has 1 heterocycles. The molecule has 0 radical (unpaired) electrons. The molecule has 1 fully saturated rings. The minimum absolute atomic E-state index is 0.190. The van der Waals surface area contributed by atoms with E-state index in [0.29, 0.717) is 6.42 Å². The molecule has 9 heteroatoms. The lowest BCUT2D eigenvalue weighted by atomic mass is 9.99. The first-order valence-electron chi connectivity index (χ1n) is 25.2. The van der Waals surface area contributed by atoms with Gasteiger partial charge in [0.25, 0.3) is 0 Å². The second-order valence-corrected chi connectivity index (χ2v) is 17.6. The van der Waals surface area contributed by atoms with Gasteiger partial charge >= 0.3 is 0 Å². The number of rotatable bonds is 42. The highest BCUT2D eigenvalue weighted by atomic mass is 16.7. The van der Waals surface area contributed by atoms with Gasteiger partial charge in [-0.2, -0.15) is 0 Å². The number of carbonyl (C=O) groups is 1. The maximum Gasteiger partial charge on any atom is 0.220 e. The number of hydrogen-bond acceptors (Lipinski definition) is 8. The van der Waals surface area contributed by atoms with Crippen molar-refractivity contribution in [3.8, 4) is 0 Å². The summed E-state index contributed by atoms with van der Waals surface area (Å²) in [5, 5.41) is 54.2. The molecule has 0 aliphatic carbocycles. The summed E-state index contributed by atoms with van der Waals surface area (Å²) in [6.07, 6.45) is 44.8. The normalized spacial score (nSPS) is 20.8. The molecule has 1 rings (SSSR count). The second-order valence-electron chi connectivity index (χ2n) is 17.6. The van der Waals surface area contributed by atoms with Crippen LogP contribution in [-0.4, -0.2) is 87.5 Å². The van der Waals surface area contributed by atoms with Crippen LogP contribution in [0.4, 0.5) is 0 Å². The van der Waals surface area contributed by atoms with Crippen molar-refractivity contribution in [1.29, 1.82) is 0 Å². The van der Waals surface area contributed by atoms with Crippen LogP contribution in [-0.2, 0) is 14.3 Å². The Hall–Kier alpha value is -1.59. The lowest BCUT2D eigenvalue weighted by Crippen LogP contribution is -2.60. The van der Waals surface area contributed by atoms with Gasteiger partial charge in [-0.15, -0.1) is 0 Å². The summed E-state index contributed by atoms with van der Waals surface area (Å²) in [7, 11) is 0. The summed E-state index contributed by atoms with van der Waals surface area (Å²) >= 11 is 0. The lowest BCUT2D eigenvalue weighted by molar-refractivity contribution is -0.302. The molecule has 1 aliphatic heterocycles. The third kappa shape index (κ3) is 31.3. The van der Waals surface area contributed by atoms with E-state index < -0.39 is 49.5 Å². The number of carbonyl (C=O) groups excluding carboxylic acids is 1. The number of amides is 1. The zero-order valence-electron chi connectivity index (χ0n) is 38.7. The van der Waals surface area contributed by atoms with Gasteiger partial charge < -0.3 is 40.3 Å². The first-order valence-corrected chi connectivity index (χ1v) is 25.2. The van der Waals surface area contributed by atoms with E-state index in [0.717, 1.165) is 44.9 Å². The first-order chi connectivity index (χ1) is 29.3. The van der Waals surface area contributed by atoms with Crippen molar-refractivity contribution >= 4 is 5.91 Å². The highest BCUT2D eigenvalue weighted by Crippen LogP contribution is 2.23. The summed E-state index contributed by atoms with van der Waals surface area (Å²) in [5.41, 5.74) is 0. The van der Waals surface area contributed by atoms with Crippen LogP contribution >= 0.6 is 0 Å². The highest BCUT2D eigenvalue weighted by molar-refractivity contribution is 5.76. The van der Waals surface area contributed by atoms with Crippen LogP contribution < -0.4 is 5.32 Å². The monoisotopic (exact) mass is 850 g/mol. The van der Waals surface area contributed by atoms with E-state index in [1.165, 1.54) is 161 Å². The number of hydrogen-bond donors (Lipinski definition) is 6. The van der Waals surface area contributed by atoms with Gasteiger partial charge in [0.05, 0.1) is 25.4 Å². The van der Waals surface area contributed by atoms with E-state index in [1.54, 1.807) is 6.08 Å². The molecular formula is C51H95NO8. The fourth-order valence-corrected chi connectivity index (χ4v) is 7.89. The van der Waals surface area contributed by atoms with Gasteiger partial charge in [0.2, 0.25) is 5.91 Å². The van der Waals surface area contributed by atoms with Crippen molar-refractivity contribution in [3.05, 3.63) is 36.5 Å². The van der Waals surface area contributed by atoms with Gasteiger partial charge in [-0.05, 0) is 44.9 Å².